The molecule has 20 heavy (non-hydrogen) atoms. The van der Waals surface area contributed by atoms with Gasteiger partial charge in [-0.05, 0) is 35.6 Å². The average molecular weight is 373 g/mol. The maximum absolute atomic E-state index is 6.13. The van der Waals surface area contributed by atoms with E-state index >= 15 is 0 Å². The zero-order chi connectivity index (χ0) is 14.4. The summed E-state index contributed by atoms with van der Waals surface area (Å²) in [6.07, 6.45) is 0.951. The number of guanidine groups is 1. The molecule has 0 fully saturated rings. The smallest absolute Gasteiger partial charge is 0.188 e. The van der Waals surface area contributed by atoms with Crippen LogP contribution in [0.3, 0.4) is 0 Å². The van der Waals surface area contributed by atoms with Crippen molar-refractivity contribution in [2.75, 3.05) is 6.54 Å². The van der Waals surface area contributed by atoms with Crippen molar-refractivity contribution >= 4 is 44.8 Å². The fourth-order valence-corrected chi connectivity index (χ4v) is 3.09. The highest BCUT2D eigenvalue weighted by molar-refractivity contribution is 9.10. The lowest BCUT2D eigenvalue weighted by atomic mass is 10.2. The molecule has 1 aromatic heterocycles. The van der Waals surface area contributed by atoms with Crippen LogP contribution in [0.4, 0.5) is 0 Å². The number of rotatable bonds is 5. The summed E-state index contributed by atoms with van der Waals surface area (Å²) < 4.78 is 0.956. The first-order chi connectivity index (χ1) is 9.65. The third kappa shape index (κ3) is 4.81. The molecule has 0 spiro atoms. The van der Waals surface area contributed by atoms with Gasteiger partial charge < -0.3 is 11.1 Å². The minimum absolute atomic E-state index is 0.445. The number of benzene rings is 1. The molecule has 0 aliphatic carbocycles. The van der Waals surface area contributed by atoms with E-state index in [0.29, 0.717) is 17.5 Å². The van der Waals surface area contributed by atoms with Crippen molar-refractivity contribution in [3.8, 4) is 0 Å². The second kappa shape index (κ2) is 7.67. The molecule has 2 aromatic rings. The second-order valence-electron chi connectivity index (χ2n) is 4.19. The molecule has 0 unspecified atom stereocenters. The molecule has 0 radical (unpaired) electrons. The predicted octanol–water partition coefficient (Wildman–Crippen LogP) is 3.81. The normalized spacial score (nSPS) is 11.6. The number of aliphatic imine (C=N–C) groups is 1. The van der Waals surface area contributed by atoms with Gasteiger partial charge >= 0.3 is 0 Å². The lowest BCUT2D eigenvalue weighted by Gasteiger charge is -2.06. The topological polar surface area (TPSA) is 50.4 Å². The molecule has 0 aliphatic heterocycles. The Kier molecular flexibility index (Phi) is 5.88. The fraction of sp³-hybridized carbons (Fsp3) is 0.214. The van der Waals surface area contributed by atoms with Gasteiger partial charge in [0.2, 0.25) is 0 Å². The predicted molar refractivity (Wildman–Crippen MR) is 90.5 cm³/mol. The molecule has 0 saturated heterocycles. The number of hydrogen-bond acceptors (Lipinski definition) is 2. The average Bonchev–Trinajstić information content (AvgIpc) is 2.91. The molecule has 0 aliphatic rings. The van der Waals surface area contributed by atoms with Gasteiger partial charge in [-0.15, -0.1) is 11.3 Å². The molecule has 106 valence electrons. The number of hydrogen-bond donors (Lipinski definition) is 2. The Hall–Kier alpha value is -1.04. The summed E-state index contributed by atoms with van der Waals surface area (Å²) in [6.45, 7) is 1.26. The van der Waals surface area contributed by atoms with E-state index < -0.39 is 0 Å². The molecule has 0 atom stereocenters. The Labute approximate surface area is 136 Å². The van der Waals surface area contributed by atoms with Gasteiger partial charge in [-0.1, -0.05) is 39.7 Å². The summed E-state index contributed by atoms with van der Waals surface area (Å²) >= 11 is 11.2. The first-order valence-electron chi connectivity index (χ1n) is 6.15. The molecule has 0 saturated carbocycles. The summed E-state index contributed by atoms with van der Waals surface area (Å²) in [5.74, 6) is 0.445. The zero-order valence-corrected chi connectivity index (χ0v) is 13.9. The van der Waals surface area contributed by atoms with E-state index in [1.165, 1.54) is 4.88 Å². The molecule has 0 bridgehead atoms. The van der Waals surface area contributed by atoms with Gasteiger partial charge in [0.1, 0.15) is 0 Å². The first-order valence-corrected chi connectivity index (χ1v) is 8.20. The maximum Gasteiger partial charge on any atom is 0.188 e. The van der Waals surface area contributed by atoms with Crippen molar-refractivity contribution in [3.63, 3.8) is 0 Å². The molecular weight excluding hydrogens is 358 g/mol. The molecule has 0 amide bonds. The summed E-state index contributed by atoms with van der Waals surface area (Å²) in [4.78, 5) is 5.63. The monoisotopic (exact) mass is 371 g/mol. The number of nitrogens with one attached hydrogen (secondary N) is 1. The van der Waals surface area contributed by atoms with Crippen LogP contribution in [0.5, 0.6) is 0 Å². The molecule has 3 N–H and O–H groups in total. The number of halogens is 2. The van der Waals surface area contributed by atoms with Crippen LogP contribution >= 0.6 is 38.9 Å². The molecule has 1 aromatic carbocycles. The van der Waals surface area contributed by atoms with E-state index in [1.54, 1.807) is 11.3 Å². The van der Waals surface area contributed by atoms with Gasteiger partial charge in [-0.3, -0.25) is 0 Å². The Balaban J connectivity index is 1.81. The first kappa shape index (κ1) is 15.4. The van der Waals surface area contributed by atoms with Gasteiger partial charge in [-0.25, -0.2) is 4.99 Å². The number of nitrogens with zero attached hydrogens (tertiary/aromatic N) is 1. The minimum atomic E-state index is 0.445. The van der Waals surface area contributed by atoms with Crippen LogP contribution in [0.2, 0.25) is 5.02 Å². The maximum atomic E-state index is 6.13. The highest BCUT2D eigenvalue weighted by Crippen LogP contribution is 2.21. The van der Waals surface area contributed by atoms with Gasteiger partial charge in [0.05, 0.1) is 6.54 Å². The highest BCUT2D eigenvalue weighted by atomic mass is 79.9. The van der Waals surface area contributed by atoms with Crippen molar-refractivity contribution in [1.82, 2.24) is 5.32 Å². The van der Waals surface area contributed by atoms with Crippen molar-refractivity contribution in [2.24, 2.45) is 10.7 Å². The molecule has 1 heterocycles. The Morgan fingerprint density at radius 1 is 1.40 bits per heavy atom. The number of thiophene rings is 1. The third-order valence-corrected chi connectivity index (χ3v) is 4.47. The Morgan fingerprint density at radius 3 is 2.95 bits per heavy atom. The summed E-state index contributed by atoms with van der Waals surface area (Å²) in [5.41, 5.74) is 6.79. The summed E-state index contributed by atoms with van der Waals surface area (Å²) in [7, 11) is 0. The minimum Gasteiger partial charge on any atom is -0.370 e. The van der Waals surface area contributed by atoms with Crippen LogP contribution in [-0.2, 0) is 13.0 Å². The second-order valence-corrected chi connectivity index (χ2v) is 6.55. The molecule has 6 heteroatoms. The van der Waals surface area contributed by atoms with Crippen LogP contribution in [0, 0.1) is 0 Å². The van der Waals surface area contributed by atoms with Crippen LogP contribution < -0.4 is 11.1 Å². The molecular formula is C14H15BrClN3S. The van der Waals surface area contributed by atoms with E-state index in [1.807, 2.05) is 24.3 Å². The van der Waals surface area contributed by atoms with Crippen LogP contribution in [0.15, 0.2) is 45.2 Å². The van der Waals surface area contributed by atoms with Crippen molar-refractivity contribution < 1.29 is 0 Å². The van der Waals surface area contributed by atoms with Gasteiger partial charge in [0.15, 0.2) is 5.96 Å². The van der Waals surface area contributed by atoms with E-state index in [-0.39, 0.29) is 0 Å². The largest absolute Gasteiger partial charge is 0.370 e. The molecule has 2 rings (SSSR count). The summed E-state index contributed by atoms with van der Waals surface area (Å²) in [5, 5.41) is 5.87. The molecule has 3 nitrogen and oxygen atoms in total. The SMILES string of the molecule is NC(=NCc1ccc(Br)cc1Cl)NCCc1cccs1. The standard InChI is InChI=1S/C14H15BrClN3S/c15-11-4-3-10(13(16)8-11)9-19-14(17)18-6-5-12-2-1-7-20-12/h1-4,7-8H,5-6,9H2,(H3,17,18,19). The van der Waals surface area contributed by atoms with Gasteiger partial charge in [0.25, 0.3) is 0 Å². The summed E-state index contributed by atoms with van der Waals surface area (Å²) in [6, 6.07) is 9.90. The quantitative estimate of drug-likeness (QED) is 0.619. The van der Waals surface area contributed by atoms with E-state index in [2.05, 4.69) is 37.7 Å². The lowest BCUT2D eigenvalue weighted by Crippen LogP contribution is -2.33. The zero-order valence-electron chi connectivity index (χ0n) is 10.8. The Morgan fingerprint density at radius 2 is 2.25 bits per heavy atom. The highest BCUT2D eigenvalue weighted by Gasteiger charge is 2.01. The number of nitrogens with two attached hydrogens (primary N) is 1. The fourth-order valence-electron chi connectivity index (χ4n) is 1.64. The van der Waals surface area contributed by atoms with Gasteiger partial charge in [0, 0.05) is 20.9 Å². The van der Waals surface area contributed by atoms with Crippen molar-refractivity contribution in [1.29, 1.82) is 0 Å². The van der Waals surface area contributed by atoms with E-state index in [4.69, 9.17) is 17.3 Å². The van der Waals surface area contributed by atoms with Crippen molar-refractivity contribution in [3.05, 3.63) is 55.6 Å². The van der Waals surface area contributed by atoms with Crippen LogP contribution in [-0.4, -0.2) is 12.5 Å². The van der Waals surface area contributed by atoms with Gasteiger partial charge in [-0.2, -0.15) is 0 Å². The Bertz CT molecular complexity index is 584. The van der Waals surface area contributed by atoms with E-state index in [0.717, 1.165) is 23.0 Å². The van der Waals surface area contributed by atoms with E-state index in [9.17, 15) is 0 Å². The van der Waals surface area contributed by atoms with Crippen molar-refractivity contribution in [2.45, 2.75) is 13.0 Å². The third-order valence-electron chi connectivity index (χ3n) is 2.69. The van der Waals surface area contributed by atoms with Crippen LogP contribution in [0.1, 0.15) is 10.4 Å². The van der Waals surface area contributed by atoms with Crippen LogP contribution in [0.25, 0.3) is 0 Å². The lowest BCUT2D eigenvalue weighted by molar-refractivity contribution is 0.857.